The van der Waals surface area contributed by atoms with Crippen molar-refractivity contribution in [2.45, 2.75) is 26.2 Å². The second-order valence-electron chi connectivity index (χ2n) is 3.96. The summed E-state index contributed by atoms with van der Waals surface area (Å²) in [6, 6.07) is 5.67. The van der Waals surface area contributed by atoms with Gasteiger partial charge in [-0.2, -0.15) is 0 Å². The molecule has 0 bridgehead atoms. The number of nitrogens with one attached hydrogen (secondary N) is 1. The minimum Gasteiger partial charge on any atom is -0.352 e. The Hall–Kier alpha value is -0.540. The number of carbonyl (C=O) groups excluding carboxylic acids is 1. The second kappa shape index (κ2) is 7.72. The smallest absolute Gasteiger partial charge is 0.251 e. The lowest BCUT2D eigenvalue weighted by Gasteiger charge is -2.07. The third kappa shape index (κ3) is 5.09. The highest BCUT2D eigenvalue weighted by molar-refractivity contribution is 9.10. The maximum Gasteiger partial charge on any atom is 0.251 e. The molecule has 1 aromatic rings. The molecule has 2 nitrogen and oxygen atoms in total. The number of hydrogen-bond donors (Lipinski definition) is 1. The van der Waals surface area contributed by atoms with Gasteiger partial charge in [-0.15, -0.1) is 11.6 Å². The molecule has 1 N–H and O–H groups in total. The highest BCUT2D eigenvalue weighted by Gasteiger charge is 2.07. The van der Waals surface area contributed by atoms with Gasteiger partial charge in [0.2, 0.25) is 0 Å². The molecule has 0 aliphatic carbocycles. The normalized spacial score (nSPS) is 10.3. The minimum atomic E-state index is 0.000809. The van der Waals surface area contributed by atoms with Crippen LogP contribution in [0.2, 0.25) is 0 Å². The Morgan fingerprint density at radius 3 is 2.76 bits per heavy atom. The minimum absolute atomic E-state index is 0.000809. The number of hydrogen-bond acceptors (Lipinski definition) is 1. The molecule has 17 heavy (non-hydrogen) atoms. The van der Waals surface area contributed by atoms with E-state index in [0.29, 0.717) is 12.4 Å². The van der Waals surface area contributed by atoms with Gasteiger partial charge < -0.3 is 5.32 Å². The molecule has 0 heterocycles. The van der Waals surface area contributed by atoms with E-state index >= 15 is 0 Å². The standard InChI is InChI=1S/C13H17BrClNO/c1-10-9-11(14)5-6-12(10)13(17)16-8-4-2-3-7-15/h5-6,9H,2-4,7-8H2,1H3,(H,16,17). The molecule has 0 unspecified atom stereocenters. The summed E-state index contributed by atoms with van der Waals surface area (Å²) in [5.74, 6) is 0.695. The van der Waals surface area contributed by atoms with Gasteiger partial charge in [-0.3, -0.25) is 4.79 Å². The van der Waals surface area contributed by atoms with Crippen molar-refractivity contribution in [3.05, 3.63) is 33.8 Å². The molecular formula is C13H17BrClNO. The summed E-state index contributed by atoms with van der Waals surface area (Å²) in [6.45, 7) is 2.65. The van der Waals surface area contributed by atoms with Crippen LogP contribution in [0.4, 0.5) is 0 Å². The van der Waals surface area contributed by atoms with Gasteiger partial charge in [-0.1, -0.05) is 22.4 Å². The first kappa shape index (κ1) is 14.5. The van der Waals surface area contributed by atoms with Gasteiger partial charge in [-0.25, -0.2) is 0 Å². The number of benzene rings is 1. The predicted molar refractivity (Wildman–Crippen MR) is 75.8 cm³/mol. The Kier molecular flexibility index (Phi) is 6.60. The van der Waals surface area contributed by atoms with Crippen molar-refractivity contribution in [2.24, 2.45) is 0 Å². The van der Waals surface area contributed by atoms with Gasteiger partial charge in [0.15, 0.2) is 0 Å². The van der Waals surface area contributed by atoms with Crippen LogP contribution in [0.25, 0.3) is 0 Å². The molecule has 0 aromatic heterocycles. The van der Waals surface area contributed by atoms with Crippen LogP contribution in [0.1, 0.15) is 35.2 Å². The number of carbonyl (C=O) groups is 1. The van der Waals surface area contributed by atoms with Gasteiger partial charge >= 0.3 is 0 Å². The molecule has 0 radical (unpaired) electrons. The largest absolute Gasteiger partial charge is 0.352 e. The molecule has 1 aromatic carbocycles. The van der Waals surface area contributed by atoms with E-state index < -0.39 is 0 Å². The Labute approximate surface area is 116 Å². The summed E-state index contributed by atoms with van der Waals surface area (Å²) >= 11 is 8.96. The molecule has 1 amide bonds. The molecule has 0 fully saturated rings. The zero-order chi connectivity index (χ0) is 12.7. The summed E-state index contributed by atoms with van der Waals surface area (Å²) in [7, 11) is 0. The lowest BCUT2D eigenvalue weighted by atomic mass is 10.1. The van der Waals surface area contributed by atoms with E-state index in [1.54, 1.807) is 0 Å². The third-order valence-corrected chi connectivity index (χ3v) is 3.29. The predicted octanol–water partition coefficient (Wildman–Crippen LogP) is 3.90. The van der Waals surface area contributed by atoms with Gasteiger partial charge in [0.1, 0.15) is 0 Å². The zero-order valence-corrected chi connectivity index (χ0v) is 12.3. The van der Waals surface area contributed by atoms with Crippen molar-refractivity contribution in [2.75, 3.05) is 12.4 Å². The summed E-state index contributed by atoms with van der Waals surface area (Å²) in [6.07, 6.45) is 3.05. The fourth-order valence-corrected chi connectivity index (χ4v) is 2.24. The highest BCUT2D eigenvalue weighted by atomic mass is 79.9. The lowest BCUT2D eigenvalue weighted by molar-refractivity contribution is 0.0952. The molecule has 0 spiro atoms. The summed E-state index contributed by atoms with van der Waals surface area (Å²) in [4.78, 5) is 11.9. The summed E-state index contributed by atoms with van der Waals surface area (Å²) in [5, 5.41) is 2.92. The third-order valence-electron chi connectivity index (χ3n) is 2.53. The van der Waals surface area contributed by atoms with Crippen molar-refractivity contribution in [1.82, 2.24) is 5.32 Å². The van der Waals surface area contributed by atoms with Crippen molar-refractivity contribution in [1.29, 1.82) is 0 Å². The van der Waals surface area contributed by atoms with Crippen LogP contribution in [-0.4, -0.2) is 18.3 Å². The first-order chi connectivity index (χ1) is 8.15. The zero-order valence-electron chi connectivity index (χ0n) is 9.93. The van der Waals surface area contributed by atoms with Crippen LogP contribution in [0.3, 0.4) is 0 Å². The van der Waals surface area contributed by atoms with E-state index in [1.165, 1.54) is 0 Å². The molecule has 4 heteroatoms. The van der Waals surface area contributed by atoms with E-state index in [2.05, 4.69) is 21.2 Å². The number of halogens is 2. The first-order valence-electron chi connectivity index (χ1n) is 5.75. The Balaban J connectivity index is 2.42. The van der Waals surface area contributed by atoms with Gasteiger partial charge in [0.25, 0.3) is 5.91 Å². The molecular weight excluding hydrogens is 302 g/mol. The van der Waals surface area contributed by atoms with E-state index in [0.717, 1.165) is 34.9 Å². The molecule has 1 rings (SSSR count). The van der Waals surface area contributed by atoms with Gasteiger partial charge in [0, 0.05) is 22.5 Å². The number of aryl methyl sites for hydroxylation is 1. The summed E-state index contributed by atoms with van der Waals surface area (Å²) in [5.41, 5.74) is 1.73. The lowest BCUT2D eigenvalue weighted by Crippen LogP contribution is -2.25. The van der Waals surface area contributed by atoms with Crippen molar-refractivity contribution in [3.8, 4) is 0 Å². The average molecular weight is 319 g/mol. The Morgan fingerprint density at radius 2 is 2.12 bits per heavy atom. The van der Waals surface area contributed by atoms with Crippen molar-refractivity contribution >= 4 is 33.4 Å². The molecule has 0 saturated carbocycles. The highest BCUT2D eigenvalue weighted by Crippen LogP contribution is 2.15. The SMILES string of the molecule is Cc1cc(Br)ccc1C(=O)NCCCCCCl. The fraction of sp³-hybridized carbons (Fsp3) is 0.462. The average Bonchev–Trinajstić information content (AvgIpc) is 2.28. The second-order valence-corrected chi connectivity index (χ2v) is 5.26. The Bertz CT molecular complexity index is 382. The molecule has 0 saturated heterocycles. The fourth-order valence-electron chi connectivity index (χ4n) is 1.58. The molecule has 0 aliphatic rings. The molecule has 94 valence electrons. The number of unbranched alkanes of at least 4 members (excludes halogenated alkanes) is 2. The first-order valence-corrected chi connectivity index (χ1v) is 7.08. The monoisotopic (exact) mass is 317 g/mol. The maximum atomic E-state index is 11.9. The summed E-state index contributed by atoms with van der Waals surface area (Å²) < 4.78 is 0.994. The van der Waals surface area contributed by atoms with Crippen LogP contribution in [0.5, 0.6) is 0 Å². The van der Waals surface area contributed by atoms with Crippen LogP contribution in [-0.2, 0) is 0 Å². The van der Waals surface area contributed by atoms with E-state index in [1.807, 2.05) is 25.1 Å². The van der Waals surface area contributed by atoms with Crippen LogP contribution in [0, 0.1) is 6.92 Å². The van der Waals surface area contributed by atoms with Crippen LogP contribution < -0.4 is 5.32 Å². The van der Waals surface area contributed by atoms with E-state index in [9.17, 15) is 4.79 Å². The van der Waals surface area contributed by atoms with E-state index in [-0.39, 0.29) is 5.91 Å². The molecule has 0 aliphatic heterocycles. The maximum absolute atomic E-state index is 11.9. The number of rotatable bonds is 6. The van der Waals surface area contributed by atoms with Gasteiger partial charge in [-0.05, 0) is 43.5 Å². The quantitative estimate of drug-likeness (QED) is 0.625. The van der Waals surface area contributed by atoms with Crippen LogP contribution >= 0.6 is 27.5 Å². The van der Waals surface area contributed by atoms with Crippen LogP contribution in [0.15, 0.2) is 22.7 Å². The van der Waals surface area contributed by atoms with Crippen molar-refractivity contribution < 1.29 is 4.79 Å². The molecule has 0 atom stereocenters. The van der Waals surface area contributed by atoms with E-state index in [4.69, 9.17) is 11.6 Å². The number of amides is 1. The van der Waals surface area contributed by atoms with Gasteiger partial charge in [0.05, 0.1) is 0 Å². The Morgan fingerprint density at radius 1 is 1.35 bits per heavy atom. The van der Waals surface area contributed by atoms with Crippen molar-refractivity contribution in [3.63, 3.8) is 0 Å². The number of alkyl halides is 1. The topological polar surface area (TPSA) is 29.1 Å².